The van der Waals surface area contributed by atoms with Crippen molar-refractivity contribution in [1.82, 2.24) is 5.32 Å². The van der Waals surface area contributed by atoms with Crippen LogP contribution >= 0.6 is 35.4 Å². The van der Waals surface area contributed by atoms with Crippen LogP contribution in [0.3, 0.4) is 0 Å². The van der Waals surface area contributed by atoms with Crippen LogP contribution in [0.4, 0.5) is 5.69 Å². The Morgan fingerprint density at radius 1 is 1.08 bits per heavy atom. The first-order valence-electron chi connectivity index (χ1n) is 7.21. The van der Waals surface area contributed by atoms with Gasteiger partial charge in [0.25, 0.3) is 0 Å². The Balaban J connectivity index is 1.92. The molecule has 0 saturated heterocycles. The number of hydrogen-bond donors (Lipinski definition) is 2. The number of anilines is 1. The molecule has 0 radical (unpaired) electrons. The van der Waals surface area contributed by atoms with Crippen molar-refractivity contribution in [3.05, 3.63) is 69.7 Å². The highest BCUT2D eigenvalue weighted by atomic mass is 35.5. The van der Waals surface area contributed by atoms with Gasteiger partial charge in [0.05, 0.1) is 0 Å². The number of hydrogen-bond acceptors (Lipinski definition) is 3. The van der Waals surface area contributed by atoms with Gasteiger partial charge in [0, 0.05) is 27.4 Å². The number of benzene rings is 2. The molecule has 7 heteroatoms. The van der Waals surface area contributed by atoms with E-state index in [2.05, 4.69) is 10.6 Å². The van der Waals surface area contributed by atoms with Crippen molar-refractivity contribution < 1.29 is 9.59 Å². The van der Waals surface area contributed by atoms with Crippen LogP contribution in [0.1, 0.15) is 22.8 Å². The van der Waals surface area contributed by atoms with Crippen molar-refractivity contribution >= 4 is 64.0 Å². The number of carbonyl (C=O) groups is 2. The minimum absolute atomic E-state index is 0.0200. The van der Waals surface area contributed by atoms with Gasteiger partial charge in [0.1, 0.15) is 0 Å². The third-order valence-electron chi connectivity index (χ3n) is 3.16. The van der Waals surface area contributed by atoms with Gasteiger partial charge in [0.2, 0.25) is 5.91 Å². The summed E-state index contributed by atoms with van der Waals surface area (Å²) >= 11 is 16.9. The van der Waals surface area contributed by atoms with E-state index in [1.807, 2.05) is 0 Å². The maximum absolute atomic E-state index is 11.9. The lowest BCUT2D eigenvalue weighted by molar-refractivity contribution is -0.115. The van der Waals surface area contributed by atoms with E-state index in [-0.39, 0.29) is 10.9 Å². The van der Waals surface area contributed by atoms with Gasteiger partial charge in [-0.2, -0.15) is 0 Å². The van der Waals surface area contributed by atoms with E-state index in [4.69, 9.17) is 35.4 Å². The van der Waals surface area contributed by atoms with Crippen LogP contribution in [0, 0.1) is 0 Å². The van der Waals surface area contributed by atoms with E-state index in [9.17, 15) is 9.59 Å². The molecular weight excluding hydrogens is 379 g/mol. The van der Waals surface area contributed by atoms with E-state index in [0.29, 0.717) is 26.9 Å². The van der Waals surface area contributed by atoms with E-state index >= 15 is 0 Å². The van der Waals surface area contributed by atoms with Crippen LogP contribution in [-0.2, 0) is 4.79 Å². The lowest BCUT2D eigenvalue weighted by Crippen LogP contribution is -2.32. The van der Waals surface area contributed by atoms with Crippen LogP contribution in [0.25, 0.3) is 6.08 Å². The predicted molar refractivity (Wildman–Crippen MR) is 106 cm³/mol. The van der Waals surface area contributed by atoms with E-state index in [0.717, 1.165) is 0 Å². The number of carbonyl (C=O) groups excluding carboxylic acids is 2. The maximum Gasteiger partial charge on any atom is 0.250 e. The second-order valence-corrected chi connectivity index (χ2v) is 6.33. The van der Waals surface area contributed by atoms with E-state index in [1.54, 1.807) is 48.5 Å². The molecule has 0 heterocycles. The molecule has 0 bridgehead atoms. The zero-order valence-corrected chi connectivity index (χ0v) is 15.5. The third-order valence-corrected chi connectivity index (χ3v) is 3.93. The van der Waals surface area contributed by atoms with Gasteiger partial charge in [-0.1, -0.05) is 29.3 Å². The van der Waals surface area contributed by atoms with Crippen LogP contribution in [-0.4, -0.2) is 16.8 Å². The molecule has 2 N–H and O–H groups in total. The van der Waals surface area contributed by atoms with Gasteiger partial charge in [-0.15, -0.1) is 0 Å². The predicted octanol–water partition coefficient (Wildman–Crippen LogP) is 4.72. The first kappa shape index (κ1) is 19.1. The summed E-state index contributed by atoms with van der Waals surface area (Å²) in [5.74, 6) is -0.419. The van der Waals surface area contributed by atoms with Crippen molar-refractivity contribution in [2.24, 2.45) is 0 Å². The second kappa shape index (κ2) is 8.76. The van der Waals surface area contributed by atoms with E-state index < -0.39 is 5.91 Å². The molecule has 0 saturated carbocycles. The number of Topliss-reactive ketones (excluding diaryl/α,β-unsaturated/α-hetero) is 1. The standard InChI is InChI=1S/C18H14Cl2N2O2S/c1-11(23)12-3-7-15(8-4-12)21-18(25)22-17(24)9-5-13-2-6-14(19)10-16(13)20/h2-10H,1H3,(H2,21,22,24,25). The van der Waals surface area contributed by atoms with Crippen LogP contribution in [0.5, 0.6) is 0 Å². The summed E-state index contributed by atoms with van der Waals surface area (Å²) in [6.45, 7) is 1.49. The average molecular weight is 393 g/mol. The van der Waals surface area contributed by atoms with Gasteiger partial charge in [0.15, 0.2) is 10.9 Å². The van der Waals surface area contributed by atoms with Gasteiger partial charge < -0.3 is 5.32 Å². The van der Waals surface area contributed by atoms with Crippen molar-refractivity contribution in [2.45, 2.75) is 6.92 Å². The monoisotopic (exact) mass is 392 g/mol. The zero-order valence-electron chi connectivity index (χ0n) is 13.2. The number of rotatable bonds is 4. The maximum atomic E-state index is 11.9. The molecule has 0 atom stereocenters. The number of nitrogens with one attached hydrogen (secondary N) is 2. The van der Waals surface area contributed by atoms with Gasteiger partial charge in [-0.3, -0.25) is 14.9 Å². The van der Waals surface area contributed by atoms with E-state index in [1.165, 1.54) is 13.0 Å². The molecular formula is C18H14Cl2N2O2S. The molecule has 0 spiro atoms. The Kier molecular flexibility index (Phi) is 6.70. The lowest BCUT2D eigenvalue weighted by Gasteiger charge is -2.08. The third kappa shape index (κ3) is 5.98. The van der Waals surface area contributed by atoms with Crippen molar-refractivity contribution in [3.8, 4) is 0 Å². The molecule has 25 heavy (non-hydrogen) atoms. The van der Waals surface area contributed by atoms with Crippen LogP contribution in [0.2, 0.25) is 10.0 Å². The Morgan fingerprint density at radius 3 is 2.36 bits per heavy atom. The smallest absolute Gasteiger partial charge is 0.250 e. The molecule has 0 aliphatic rings. The van der Waals surface area contributed by atoms with Gasteiger partial charge >= 0.3 is 0 Å². The topological polar surface area (TPSA) is 58.2 Å². The van der Waals surface area contributed by atoms with Gasteiger partial charge in [-0.05, 0) is 67.2 Å². The molecule has 0 fully saturated rings. The SMILES string of the molecule is CC(=O)c1ccc(NC(=S)NC(=O)C=Cc2ccc(Cl)cc2Cl)cc1. The Labute approximate surface area is 160 Å². The number of amides is 1. The summed E-state index contributed by atoms with van der Waals surface area (Å²) in [6.07, 6.45) is 2.89. The fourth-order valence-electron chi connectivity index (χ4n) is 1.91. The first-order valence-corrected chi connectivity index (χ1v) is 8.37. The van der Waals surface area contributed by atoms with Crippen LogP contribution < -0.4 is 10.6 Å². The van der Waals surface area contributed by atoms with Crippen molar-refractivity contribution in [1.29, 1.82) is 0 Å². The molecule has 2 aromatic rings. The molecule has 1 amide bonds. The molecule has 128 valence electrons. The first-order chi connectivity index (χ1) is 11.8. The fourth-order valence-corrected chi connectivity index (χ4v) is 2.60. The second-order valence-electron chi connectivity index (χ2n) is 5.08. The molecule has 4 nitrogen and oxygen atoms in total. The molecule has 0 aliphatic carbocycles. The highest BCUT2D eigenvalue weighted by Gasteiger charge is 2.04. The fraction of sp³-hybridized carbons (Fsp3) is 0.0556. The normalized spacial score (nSPS) is 10.5. The Hall–Kier alpha value is -2.21. The summed E-state index contributed by atoms with van der Waals surface area (Å²) in [4.78, 5) is 23.1. The average Bonchev–Trinajstić information content (AvgIpc) is 2.54. The largest absolute Gasteiger partial charge is 0.332 e. The minimum Gasteiger partial charge on any atom is -0.332 e. The van der Waals surface area contributed by atoms with Crippen LogP contribution in [0.15, 0.2) is 48.5 Å². The minimum atomic E-state index is -0.399. The number of halogens is 2. The zero-order chi connectivity index (χ0) is 18.4. The molecule has 0 aromatic heterocycles. The highest BCUT2D eigenvalue weighted by molar-refractivity contribution is 7.80. The molecule has 0 unspecified atom stereocenters. The molecule has 2 aromatic carbocycles. The summed E-state index contributed by atoms with van der Waals surface area (Å²) < 4.78 is 0. The highest BCUT2D eigenvalue weighted by Crippen LogP contribution is 2.21. The quantitative estimate of drug-likeness (QED) is 0.448. The number of ketones is 1. The van der Waals surface area contributed by atoms with Crippen molar-refractivity contribution in [3.63, 3.8) is 0 Å². The summed E-state index contributed by atoms with van der Waals surface area (Å²) in [6, 6.07) is 11.8. The Morgan fingerprint density at radius 2 is 1.76 bits per heavy atom. The molecule has 2 rings (SSSR count). The molecule has 0 aliphatic heterocycles. The van der Waals surface area contributed by atoms with Crippen molar-refractivity contribution in [2.75, 3.05) is 5.32 Å². The Bertz CT molecular complexity index is 849. The van der Waals surface area contributed by atoms with Gasteiger partial charge in [-0.25, -0.2) is 0 Å². The number of thiocarbonyl (C=S) groups is 1. The summed E-state index contributed by atoms with van der Waals surface area (Å²) in [5.41, 5.74) is 1.93. The summed E-state index contributed by atoms with van der Waals surface area (Å²) in [7, 11) is 0. The summed E-state index contributed by atoms with van der Waals surface area (Å²) in [5, 5.41) is 6.51. The lowest BCUT2D eigenvalue weighted by atomic mass is 10.1.